The van der Waals surface area contributed by atoms with E-state index in [4.69, 9.17) is 9.47 Å². The summed E-state index contributed by atoms with van der Waals surface area (Å²) >= 11 is 1.15. The second-order valence-electron chi connectivity index (χ2n) is 8.07. The molecule has 10 heteroatoms. The number of hydrogen-bond donors (Lipinski definition) is 1. The molecule has 182 valence electrons. The van der Waals surface area contributed by atoms with Gasteiger partial charge in [0.2, 0.25) is 11.8 Å². The zero-order chi connectivity index (χ0) is 24.9. The summed E-state index contributed by atoms with van der Waals surface area (Å²) in [5, 5.41) is 4.60. The summed E-state index contributed by atoms with van der Waals surface area (Å²) in [6, 6.07) is 9.20. The number of hydrogen-bond acceptors (Lipinski definition) is 8. The number of imide groups is 1. The molecule has 4 rings (SSSR count). The Bertz CT molecular complexity index is 1160. The van der Waals surface area contributed by atoms with Gasteiger partial charge in [0.25, 0.3) is 5.91 Å². The van der Waals surface area contributed by atoms with Crippen LogP contribution in [0.15, 0.2) is 47.9 Å². The van der Waals surface area contributed by atoms with Gasteiger partial charge in [-0.15, -0.1) is 11.3 Å². The van der Waals surface area contributed by atoms with Crippen molar-refractivity contribution in [2.45, 2.75) is 19.8 Å². The SMILES string of the molecule is CCOC(=O)c1c(-c2ccccc2)csc1NC(=O)COC(=O)CN1C(=O)C2CC=CCC2C1=O. The molecule has 1 fully saturated rings. The molecule has 0 bridgehead atoms. The number of benzene rings is 1. The first-order chi connectivity index (χ1) is 16.9. The van der Waals surface area contributed by atoms with Gasteiger partial charge in [-0.1, -0.05) is 42.5 Å². The zero-order valence-electron chi connectivity index (χ0n) is 19.0. The van der Waals surface area contributed by atoms with Gasteiger partial charge in [0, 0.05) is 10.9 Å². The van der Waals surface area contributed by atoms with E-state index in [-0.39, 0.29) is 17.2 Å². The predicted molar refractivity (Wildman–Crippen MR) is 127 cm³/mol. The van der Waals surface area contributed by atoms with Crippen molar-refractivity contribution in [2.24, 2.45) is 11.8 Å². The Hall–Kier alpha value is -3.79. The second kappa shape index (κ2) is 10.6. The van der Waals surface area contributed by atoms with Crippen LogP contribution in [0.4, 0.5) is 5.00 Å². The molecule has 9 nitrogen and oxygen atoms in total. The van der Waals surface area contributed by atoms with Crippen LogP contribution in [0, 0.1) is 11.8 Å². The van der Waals surface area contributed by atoms with Crippen LogP contribution >= 0.6 is 11.3 Å². The number of allylic oxidation sites excluding steroid dienone is 2. The maximum absolute atomic E-state index is 12.6. The van der Waals surface area contributed by atoms with Gasteiger partial charge in [0.05, 0.1) is 18.4 Å². The third-order valence-corrected chi connectivity index (χ3v) is 6.75. The van der Waals surface area contributed by atoms with Gasteiger partial charge in [-0.05, 0) is 25.3 Å². The molecule has 1 aliphatic carbocycles. The van der Waals surface area contributed by atoms with Crippen LogP contribution < -0.4 is 5.32 Å². The minimum absolute atomic E-state index is 0.166. The van der Waals surface area contributed by atoms with Crippen LogP contribution in [-0.4, -0.2) is 54.3 Å². The van der Waals surface area contributed by atoms with Crippen molar-refractivity contribution in [3.63, 3.8) is 0 Å². The third kappa shape index (κ3) is 5.17. The van der Waals surface area contributed by atoms with E-state index >= 15 is 0 Å². The summed E-state index contributed by atoms with van der Waals surface area (Å²) in [4.78, 5) is 63.2. The number of nitrogens with zero attached hydrogens (tertiary/aromatic N) is 1. The summed E-state index contributed by atoms with van der Waals surface area (Å²) in [7, 11) is 0. The van der Waals surface area contributed by atoms with Crippen LogP contribution in [0.2, 0.25) is 0 Å². The molecule has 1 aromatic carbocycles. The molecule has 2 unspecified atom stereocenters. The summed E-state index contributed by atoms with van der Waals surface area (Å²) in [5.74, 6) is -3.78. The number of carbonyl (C=O) groups excluding carboxylic acids is 5. The highest BCUT2D eigenvalue weighted by Crippen LogP contribution is 2.36. The molecule has 3 amide bonds. The van der Waals surface area contributed by atoms with E-state index in [2.05, 4.69) is 5.32 Å². The molecule has 2 aromatic rings. The topological polar surface area (TPSA) is 119 Å². The average Bonchev–Trinajstić information content (AvgIpc) is 3.38. The lowest BCUT2D eigenvalue weighted by Crippen LogP contribution is -2.37. The molecule has 0 spiro atoms. The molecule has 2 aliphatic rings. The van der Waals surface area contributed by atoms with Crippen molar-refractivity contribution in [3.8, 4) is 11.1 Å². The molecule has 0 saturated carbocycles. The third-order valence-electron chi connectivity index (χ3n) is 5.86. The fourth-order valence-corrected chi connectivity index (χ4v) is 5.17. The molecule has 2 atom stereocenters. The Morgan fingerprint density at radius 3 is 2.31 bits per heavy atom. The monoisotopic (exact) mass is 496 g/mol. The average molecular weight is 497 g/mol. The molecule has 1 saturated heterocycles. The fraction of sp³-hybridized carbons (Fsp3) is 0.320. The van der Waals surface area contributed by atoms with Crippen LogP contribution in [0.5, 0.6) is 0 Å². The Morgan fingerprint density at radius 2 is 1.69 bits per heavy atom. The molecule has 0 radical (unpaired) electrons. The highest BCUT2D eigenvalue weighted by atomic mass is 32.1. The van der Waals surface area contributed by atoms with E-state index in [1.165, 1.54) is 0 Å². The summed E-state index contributed by atoms with van der Waals surface area (Å²) in [6.45, 7) is 0.679. The Kier molecular flexibility index (Phi) is 7.40. The van der Waals surface area contributed by atoms with Crippen LogP contribution in [0.1, 0.15) is 30.1 Å². The summed E-state index contributed by atoms with van der Waals surface area (Å²) in [5.41, 5.74) is 1.62. The Balaban J connectivity index is 1.38. The van der Waals surface area contributed by atoms with E-state index in [0.29, 0.717) is 18.4 Å². The maximum Gasteiger partial charge on any atom is 0.341 e. The van der Waals surface area contributed by atoms with Crippen molar-refractivity contribution in [2.75, 3.05) is 25.1 Å². The minimum atomic E-state index is -0.866. The lowest BCUT2D eigenvalue weighted by molar-refractivity contribution is -0.154. The fourth-order valence-electron chi connectivity index (χ4n) is 4.19. The highest BCUT2D eigenvalue weighted by molar-refractivity contribution is 7.15. The lowest BCUT2D eigenvalue weighted by atomic mass is 9.85. The van der Waals surface area contributed by atoms with Crippen LogP contribution in [0.25, 0.3) is 11.1 Å². The normalized spacial score (nSPS) is 18.8. The largest absolute Gasteiger partial charge is 0.462 e. The van der Waals surface area contributed by atoms with Crippen molar-refractivity contribution in [1.29, 1.82) is 0 Å². The van der Waals surface area contributed by atoms with Crippen molar-refractivity contribution in [3.05, 3.63) is 53.4 Å². The smallest absolute Gasteiger partial charge is 0.341 e. The number of carbonyl (C=O) groups is 5. The molecule has 1 aromatic heterocycles. The quantitative estimate of drug-likeness (QED) is 0.339. The second-order valence-corrected chi connectivity index (χ2v) is 8.95. The molecule has 1 N–H and O–H groups in total. The highest BCUT2D eigenvalue weighted by Gasteiger charge is 2.47. The number of fused-ring (bicyclic) bond motifs is 1. The standard InChI is InChI=1S/C25H24N2O7S/c1-2-33-25(32)21-18(15-8-4-3-5-9-15)14-35-22(21)26-19(28)13-34-20(29)12-27-23(30)16-10-6-7-11-17(16)24(27)31/h3-9,14,16-17H,2,10-13H2,1H3,(H,26,28). The van der Waals surface area contributed by atoms with E-state index in [0.717, 1.165) is 21.8 Å². The van der Waals surface area contributed by atoms with E-state index in [1.807, 2.05) is 42.5 Å². The number of esters is 2. The van der Waals surface area contributed by atoms with Gasteiger partial charge in [-0.2, -0.15) is 0 Å². The molecular formula is C25H24N2O7S. The molecule has 2 heterocycles. The van der Waals surface area contributed by atoms with Crippen LogP contribution in [-0.2, 0) is 28.7 Å². The van der Waals surface area contributed by atoms with Crippen molar-refractivity contribution < 1.29 is 33.4 Å². The lowest BCUT2D eigenvalue weighted by Gasteiger charge is -2.14. The van der Waals surface area contributed by atoms with Gasteiger partial charge in [-0.25, -0.2) is 4.79 Å². The number of amides is 3. The number of likely N-dealkylation sites (tertiary alicyclic amines) is 1. The van der Waals surface area contributed by atoms with Gasteiger partial charge in [0.1, 0.15) is 17.1 Å². The minimum Gasteiger partial charge on any atom is -0.462 e. The first-order valence-electron chi connectivity index (χ1n) is 11.2. The molecule has 35 heavy (non-hydrogen) atoms. The van der Waals surface area contributed by atoms with E-state index in [1.54, 1.807) is 12.3 Å². The van der Waals surface area contributed by atoms with E-state index < -0.39 is 54.6 Å². The van der Waals surface area contributed by atoms with Gasteiger partial charge < -0.3 is 14.8 Å². The number of ether oxygens (including phenoxy) is 2. The first kappa shape index (κ1) is 24.3. The van der Waals surface area contributed by atoms with Gasteiger partial charge in [0.15, 0.2) is 6.61 Å². The Labute approximate surface area is 205 Å². The maximum atomic E-state index is 12.6. The van der Waals surface area contributed by atoms with Crippen molar-refractivity contribution in [1.82, 2.24) is 4.90 Å². The first-order valence-corrected chi connectivity index (χ1v) is 12.1. The van der Waals surface area contributed by atoms with Crippen LogP contribution in [0.3, 0.4) is 0 Å². The number of rotatable bonds is 8. The summed E-state index contributed by atoms with van der Waals surface area (Å²) in [6.07, 6.45) is 4.66. The number of thiophene rings is 1. The van der Waals surface area contributed by atoms with Crippen molar-refractivity contribution >= 4 is 46.0 Å². The summed E-state index contributed by atoms with van der Waals surface area (Å²) < 4.78 is 10.2. The van der Waals surface area contributed by atoms with Gasteiger partial charge in [-0.3, -0.25) is 24.1 Å². The zero-order valence-corrected chi connectivity index (χ0v) is 19.8. The number of anilines is 1. The molecular weight excluding hydrogens is 472 g/mol. The predicted octanol–water partition coefficient (Wildman–Crippen LogP) is 3.02. The van der Waals surface area contributed by atoms with Gasteiger partial charge >= 0.3 is 11.9 Å². The van der Waals surface area contributed by atoms with E-state index in [9.17, 15) is 24.0 Å². The molecule has 1 aliphatic heterocycles. The Morgan fingerprint density at radius 1 is 1.03 bits per heavy atom. The number of nitrogens with one attached hydrogen (secondary N) is 1.